The van der Waals surface area contributed by atoms with Gasteiger partial charge >= 0.3 is 5.97 Å². The Morgan fingerprint density at radius 2 is 1.78 bits per heavy atom. The maximum atomic E-state index is 12.0. The fourth-order valence-corrected chi connectivity index (χ4v) is 11.0. The van der Waals surface area contributed by atoms with E-state index < -0.39 is 5.97 Å². The van der Waals surface area contributed by atoms with E-state index in [2.05, 4.69) is 34.6 Å². The molecule has 4 heteroatoms. The minimum Gasteiger partial charge on any atom is -0.481 e. The first kappa shape index (κ1) is 23.1. The van der Waals surface area contributed by atoms with Gasteiger partial charge in [-0.3, -0.25) is 4.79 Å². The molecular weight excluding hydrogens is 400 g/mol. The van der Waals surface area contributed by atoms with Crippen LogP contribution >= 0.6 is 0 Å². The monoisotopic (exact) mass is 446 g/mol. The van der Waals surface area contributed by atoms with E-state index in [1.165, 1.54) is 19.3 Å². The number of hydrogen-bond acceptors (Lipinski definition) is 3. The third kappa shape index (κ3) is 2.84. The average Bonchev–Trinajstić information content (AvgIpc) is 3.35. The highest BCUT2D eigenvalue weighted by Gasteiger charge is 2.82. The van der Waals surface area contributed by atoms with Crippen LogP contribution in [0.3, 0.4) is 0 Å². The Labute approximate surface area is 194 Å². The van der Waals surface area contributed by atoms with Crippen molar-refractivity contribution < 1.29 is 20.1 Å². The molecule has 5 rings (SSSR count). The molecule has 32 heavy (non-hydrogen) atoms. The van der Waals surface area contributed by atoms with Gasteiger partial charge in [0, 0.05) is 6.42 Å². The molecule has 5 saturated carbocycles. The molecule has 0 aliphatic heterocycles. The first-order valence-corrected chi connectivity index (χ1v) is 13.6. The molecule has 5 aliphatic carbocycles. The van der Waals surface area contributed by atoms with Crippen LogP contribution in [0.5, 0.6) is 0 Å². The van der Waals surface area contributed by atoms with E-state index in [-0.39, 0.29) is 34.9 Å². The van der Waals surface area contributed by atoms with Crippen LogP contribution in [0.15, 0.2) is 0 Å². The molecule has 1 spiro atoms. The zero-order valence-electron chi connectivity index (χ0n) is 20.9. The van der Waals surface area contributed by atoms with Crippen molar-refractivity contribution in [1.29, 1.82) is 0 Å². The van der Waals surface area contributed by atoms with Gasteiger partial charge in [-0.25, -0.2) is 0 Å². The lowest BCUT2D eigenvalue weighted by Gasteiger charge is -2.63. The number of aliphatic carboxylic acids is 1. The molecule has 13 atom stereocenters. The number of rotatable bonds is 5. The molecule has 0 heterocycles. The second-order valence-corrected chi connectivity index (χ2v) is 13.4. The summed E-state index contributed by atoms with van der Waals surface area (Å²) in [7, 11) is 0. The van der Waals surface area contributed by atoms with Crippen LogP contribution in [0.4, 0.5) is 0 Å². The first-order valence-electron chi connectivity index (χ1n) is 13.6. The first-order chi connectivity index (χ1) is 15.0. The number of carboxylic acids is 1. The van der Waals surface area contributed by atoms with Crippen molar-refractivity contribution in [2.75, 3.05) is 0 Å². The van der Waals surface area contributed by atoms with Gasteiger partial charge in [0.1, 0.15) is 0 Å². The summed E-state index contributed by atoms with van der Waals surface area (Å²) in [6, 6.07) is 0. The van der Waals surface area contributed by atoms with Gasteiger partial charge in [-0.2, -0.15) is 0 Å². The summed E-state index contributed by atoms with van der Waals surface area (Å²) in [6.45, 7) is 12.0. The third-order valence-electron chi connectivity index (χ3n) is 12.5. The maximum absolute atomic E-state index is 12.0. The van der Waals surface area contributed by atoms with E-state index >= 15 is 0 Å². The summed E-state index contributed by atoms with van der Waals surface area (Å²) in [4.78, 5) is 11.3. The van der Waals surface area contributed by atoms with Crippen molar-refractivity contribution in [1.82, 2.24) is 0 Å². The number of carbonyl (C=O) groups is 1. The number of fused-ring (bicyclic) bond motifs is 4. The summed E-state index contributed by atoms with van der Waals surface area (Å²) in [5, 5.41) is 31.7. The van der Waals surface area contributed by atoms with Crippen LogP contribution in [0.1, 0.15) is 92.4 Å². The number of aliphatic hydroxyl groups is 2. The average molecular weight is 447 g/mol. The van der Waals surface area contributed by atoms with Gasteiger partial charge in [-0.15, -0.1) is 0 Å². The van der Waals surface area contributed by atoms with Crippen LogP contribution < -0.4 is 0 Å². The van der Waals surface area contributed by atoms with E-state index in [0.717, 1.165) is 32.1 Å². The normalized spacial score (nSPS) is 57.0. The predicted molar refractivity (Wildman–Crippen MR) is 125 cm³/mol. The highest BCUT2D eigenvalue weighted by atomic mass is 16.4. The largest absolute Gasteiger partial charge is 0.481 e. The minimum atomic E-state index is -0.679. The van der Waals surface area contributed by atoms with Crippen LogP contribution in [-0.2, 0) is 4.79 Å². The zero-order chi connectivity index (χ0) is 23.2. The molecular formula is C28H46O4. The van der Waals surface area contributed by atoms with E-state index in [0.29, 0.717) is 47.3 Å². The Morgan fingerprint density at radius 3 is 2.44 bits per heavy atom. The molecule has 0 amide bonds. The third-order valence-corrected chi connectivity index (χ3v) is 12.5. The zero-order valence-corrected chi connectivity index (χ0v) is 20.9. The van der Waals surface area contributed by atoms with Gasteiger partial charge in [0.25, 0.3) is 0 Å². The van der Waals surface area contributed by atoms with Gasteiger partial charge in [-0.05, 0) is 109 Å². The highest BCUT2D eigenvalue weighted by molar-refractivity contribution is 5.66. The molecule has 0 radical (unpaired) electrons. The van der Waals surface area contributed by atoms with Crippen molar-refractivity contribution >= 4 is 5.97 Å². The van der Waals surface area contributed by atoms with Gasteiger partial charge in [0.05, 0.1) is 12.2 Å². The Kier molecular flexibility index (Phi) is 5.38. The van der Waals surface area contributed by atoms with Crippen LogP contribution in [0.25, 0.3) is 0 Å². The molecule has 0 aromatic heterocycles. The van der Waals surface area contributed by atoms with Crippen LogP contribution in [-0.4, -0.2) is 33.5 Å². The topological polar surface area (TPSA) is 77.8 Å². The van der Waals surface area contributed by atoms with Crippen molar-refractivity contribution in [3.05, 3.63) is 0 Å². The molecule has 5 unspecified atom stereocenters. The lowest BCUT2D eigenvalue weighted by Crippen LogP contribution is -2.61. The van der Waals surface area contributed by atoms with E-state index in [1.54, 1.807) is 0 Å². The van der Waals surface area contributed by atoms with Gasteiger partial charge in [0.15, 0.2) is 0 Å². The van der Waals surface area contributed by atoms with Crippen LogP contribution in [0.2, 0.25) is 0 Å². The molecule has 5 fully saturated rings. The van der Waals surface area contributed by atoms with Gasteiger partial charge in [0.2, 0.25) is 0 Å². The van der Waals surface area contributed by atoms with Crippen molar-refractivity contribution in [2.45, 2.75) is 105 Å². The Balaban J connectivity index is 1.50. The molecule has 0 bridgehead atoms. The molecule has 5 aliphatic rings. The standard InChI is InChI=1S/C28H46O4/c1-6-18-19-14-17(29)9-10-27(19,5)20-13-15(2)22-25-26(4,16(3)7-8-21(30)31)11-12-28(22,25)23(20)24(18)32/h15-20,22-25,29,32H,6-14H2,1-5H3,(H,30,31)/t15?,16-,17-,18-,19+,20?,22-,23?,24?,25?,26-,27+,28-/m1/s1. The summed E-state index contributed by atoms with van der Waals surface area (Å²) in [6.07, 6.45) is 8.13. The molecule has 0 aromatic rings. The molecule has 182 valence electrons. The predicted octanol–water partition coefficient (Wildman–Crippen LogP) is 5.36. The fourth-order valence-electron chi connectivity index (χ4n) is 11.0. The summed E-state index contributed by atoms with van der Waals surface area (Å²) in [5.41, 5.74) is 0.704. The Morgan fingerprint density at radius 1 is 1.06 bits per heavy atom. The lowest BCUT2D eigenvalue weighted by atomic mass is 9.43. The van der Waals surface area contributed by atoms with Crippen molar-refractivity contribution in [3.63, 3.8) is 0 Å². The maximum Gasteiger partial charge on any atom is 0.303 e. The quantitative estimate of drug-likeness (QED) is 0.531. The second-order valence-electron chi connectivity index (χ2n) is 13.4. The SMILES string of the molecule is CC[C@H]1C(O)C2C(CC(C)[C@@H]3C4[C@@]23CC[C@]4(C)[C@H](C)CCC(=O)O)[C@@]2(C)CC[C@@H](O)C[C@@H]12. The fraction of sp³-hybridized carbons (Fsp3) is 0.964. The van der Waals surface area contributed by atoms with E-state index in [1.807, 2.05) is 0 Å². The molecule has 3 N–H and O–H groups in total. The highest BCUT2D eigenvalue weighted by Crippen LogP contribution is 2.86. The van der Waals surface area contributed by atoms with Gasteiger partial charge < -0.3 is 15.3 Å². The molecule has 0 aromatic carbocycles. The minimum absolute atomic E-state index is 0.198. The Bertz CT molecular complexity index is 767. The van der Waals surface area contributed by atoms with Gasteiger partial charge in [-0.1, -0.05) is 41.0 Å². The Hall–Kier alpha value is -0.610. The summed E-state index contributed by atoms with van der Waals surface area (Å²) < 4.78 is 0. The molecule has 4 nitrogen and oxygen atoms in total. The summed E-state index contributed by atoms with van der Waals surface area (Å²) in [5.74, 6) is 3.46. The molecule has 0 saturated heterocycles. The number of hydrogen-bond donors (Lipinski definition) is 3. The number of carboxylic acid groups (broad SMARTS) is 1. The van der Waals surface area contributed by atoms with Crippen molar-refractivity contribution in [3.8, 4) is 0 Å². The van der Waals surface area contributed by atoms with Crippen molar-refractivity contribution in [2.24, 2.45) is 63.6 Å². The van der Waals surface area contributed by atoms with E-state index in [9.17, 15) is 20.1 Å². The second kappa shape index (κ2) is 7.44. The summed E-state index contributed by atoms with van der Waals surface area (Å²) >= 11 is 0. The van der Waals surface area contributed by atoms with E-state index in [4.69, 9.17) is 0 Å². The lowest BCUT2D eigenvalue weighted by molar-refractivity contribution is -0.194. The number of aliphatic hydroxyl groups excluding tert-OH is 2. The smallest absolute Gasteiger partial charge is 0.303 e. The van der Waals surface area contributed by atoms with Crippen LogP contribution in [0, 0.1) is 63.6 Å².